The van der Waals surface area contributed by atoms with Gasteiger partial charge >= 0.3 is 0 Å². The van der Waals surface area contributed by atoms with E-state index in [0.717, 1.165) is 69.4 Å². The van der Waals surface area contributed by atoms with Crippen LogP contribution in [-0.2, 0) is 22.0 Å². The number of nitrogens with two attached hydrogens (primary N) is 1. The number of ketones is 1. The van der Waals surface area contributed by atoms with Gasteiger partial charge in [-0.3, -0.25) is 9.93 Å². The van der Waals surface area contributed by atoms with Gasteiger partial charge in [0.1, 0.15) is 33.7 Å². The molecule has 0 bridgehead atoms. The van der Waals surface area contributed by atoms with Crippen molar-refractivity contribution < 1.29 is 22.7 Å². The Morgan fingerprint density at radius 2 is 1.13 bits per heavy atom. The van der Waals surface area contributed by atoms with Crippen LogP contribution < -0.4 is 14.6 Å². The predicted molar refractivity (Wildman–Crippen MR) is 201 cm³/mol. The van der Waals surface area contributed by atoms with Crippen LogP contribution in [0.25, 0.3) is 0 Å². The molecule has 2 aliphatic heterocycles. The van der Waals surface area contributed by atoms with Crippen molar-refractivity contribution in [3.8, 4) is 11.5 Å². The van der Waals surface area contributed by atoms with Gasteiger partial charge in [0.15, 0.2) is 5.78 Å². The maximum absolute atomic E-state index is 12.6. The first-order chi connectivity index (χ1) is 21.9. The molecule has 2 spiro atoms. The van der Waals surface area contributed by atoms with Crippen molar-refractivity contribution in [1.29, 1.82) is 0 Å². The molecule has 0 radical (unpaired) electrons. The summed E-state index contributed by atoms with van der Waals surface area (Å²) in [7, 11) is -2.44. The number of nitrogens with zero attached hydrogens (tertiary/aromatic N) is 1. The predicted octanol–water partition coefficient (Wildman–Crippen LogP) is 9.71. The molecule has 2 aliphatic carbocycles. The van der Waals surface area contributed by atoms with E-state index in [4.69, 9.17) is 14.6 Å². The average Bonchev–Trinajstić information content (AvgIpc) is 2.98. The van der Waals surface area contributed by atoms with Crippen LogP contribution >= 0.6 is 31.9 Å². The van der Waals surface area contributed by atoms with E-state index in [1.165, 1.54) is 38.5 Å². The molecule has 260 valence electrons. The number of hydrogen-bond acceptors (Lipinski definition) is 5. The molecule has 2 heterocycles. The number of rotatable bonds is 1. The molecule has 2 fully saturated rings. The SMILES string of the molecule is CC(C)(C)S(=O)N=C1CC2(CCCCC2)Oc2ccc(Br)cc21.CC(C)(C)S(N)=O.O=C1CC2(CCCCC2)Oc2ccc(Br)cc21. The summed E-state index contributed by atoms with van der Waals surface area (Å²) in [6.45, 7) is 11.4. The first-order valence-electron chi connectivity index (χ1n) is 16.6. The summed E-state index contributed by atoms with van der Waals surface area (Å²) >= 11 is 6.92. The van der Waals surface area contributed by atoms with Gasteiger partial charge in [-0.1, -0.05) is 44.7 Å². The Hall–Kier alpha value is -1.40. The molecule has 2 aromatic rings. The zero-order chi connectivity index (χ0) is 34.6. The highest BCUT2D eigenvalue weighted by Gasteiger charge is 2.42. The fourth-order valence-electron chi connectivity index (χ4n) is 6.22. The lowest BCUT2D eigenvalue weighted by molar-refractivity contribution is 0.0136. The van der Waals surface area contributed by atoms with Crippen LogP contribution in [0.3, 0.4) is 0 Å². The first kappa shape index (κ1) is 38.4. The van der Waals surface area contributed by atoms with Gasteiger partial charge in [0.2, 0.25) is 0 Å². The summed E-state index contributed by atoms with van der Waals surface area (Å²) in [4.78, 5) is 12.2. The Morgan fingerprint density at radius 1 is 0.702 bits per heavy atom. The number of halogens is 2. The van der Waals surface area contributed by atoms with Crippen LogP contribution in [0.2, 0.25) is 0 Å². The Morgan fingerprint density at radius 3 is 1.57 bits per heavy atom. The summed E-state index contributed by atoms with van der Waals surface area (Å²) in [5.41, 5.74) is 2.29. The highest BCUT2D eigenvalue weighted by Crippen LogP contribution is 2.44. The van der Waals surface area contributed by atoms with Crippen molar-refractivity contribution in [3.63, 3.8) is 0 Å². The first-order valence-corrected chi connectivity index (χ1v) is 20.5. The lowest BCUT2D eigenvalue weighted by Crippen LogP contribution is -2.44. The summed E-state index contributed by atoms with van der Waals surface area (Å²) in [6, 6.07) is 11.8. The molecular formula is C36H50Br2N2O5S2. The van der Waals surface area contributed by atoms with Crippen molar-refractivity contribution in [2.24, 2.45) is 9.54 Å². The normalized spacial score (nSPS) is 21.9. The number of hydrogen-bond donors (Lipinski definition) is 1. The minimum absolute atomic E-state index is 0.153. The van der Waals surface area contributed by atoms with Crippen molar-refractivity contribution >= 4 is 65.3 Å². The van der Waals surface area contributed by atoms with Gasteiger partial charge in [0.05, 0.1) is 38.2 Å². The topological polar surface area (TPSA) is 108 Å². The van der Waals surface area contributed by atoms with E-state index in [1.54, 1.807) is 0 Å². The quantitative estimate of drug-likeness (QED) is 0.309. The van der Waals surface area contributed by atoms with Gasteiger partial charge < -0.3 is 9.47 Å². The molecule has 2 saturated carbocycles. The molecular weight excluding hydrogens is 764 g/mol. The van der Waals surface area contributed by atoms with Crippen molar-refractivity contribution in [1.82, 2.24) is 0 Å². The number of carbonyl (C=O) groups excluding carboxylic acids is 1. The van der Waals surface area contributed by atoms with Gasteiger partial charge in [-0.05, 0) is 129 Å². The standard InChI is InChI=1S/C18H24BrNO2S.C14H15BrO2.C4H11NOS/c1-17(2,3)23(21)20-15-12-18(9-5-4-6-10-18)22-16-8-7-13(19)11-14(15)16;15-10-4-5-13-11(8-10)12(16)9-14(17-13)6-2-1-3-7-14;1-4(2,3)7(5)6/h7-8,11H,4-6,9-10,12H2,1-3H3;4-5,8H,1-3,6-7,9H2;5H2,1-3H3. The molecule has 11 heteroatoms. The van der Waals surface area contributed by atoms with Crippen LogP contribution in [0.5, 0.6) is 11.5 Å². The van der Waals surface area contributed by atoms with E-state index < -0.39 is 22.0 Å². The molecule has 0 amide bonds. The highest BCUT2D eigenvalue weighted by molar-refractivity contribution is 9.10. The van der Waals surface area contributed by atoms with Crippen LogP contribution in [0, 0.1) is 0 Å². The van der Waals surface area contributed by atoms with Gasteiger partial charge in [-0.2, -0.15) is 4.40 Å². The lowest BCUT2D eigenvalue weighted by Gasteiger charge is -2.42. The molecule has 2 unspecified atom stereocenters. The minimum atomic E-state index is -1.25. The van der Waals surface area contributed by atoms with E-state index >= 15 is 0 Å². The molecule has 2 aromatic carbocycles. The van der Waals surface area contributed by atoms with Crippen molar-refractivity contribution in [2.75, 3.05) is 0 Å². The third-order valence-corrected chi connectivity index (χ3v) is 12.6. The summed E-state index contributed by atoms with van der Waals surface area (Å²) in [5.74, 6) is 1.88. The van der Waals surface area contributed by atoms with Crippen molar-refractivity contribution in [3.05, 3.63) is 56.5 Å². The van der Waals surface area contributed by atoms with E-state index in [0.29, 0.717) is 6.42 Å². The molecule has 47 heavy (non-hydrogen) atoms. The molecule has 2 atom stereocenters. The summed E-state index contributed by atoms with van der Waals surface area (Å²) < 4.78 is 41.4. The number of fused-ring (bicyclic) bond motifs is 2. The summed E-state index contributed by atoms with van der Waals surface area (Å²) in [5, 5.41) is 5.04. The molecule has 2 N–H and O–H groups in total. The fraction of sp³-hybridized carbons (Fsp3) is 0.611. The maximum Gasteiger partial charge on any atom is 0.170 e. The molecule has 6 rings (SSSR count). The molecule has 4 aliphatic rings. The largest absolute Gasteiger partial charge is 0.486 e. The van der Waals surface area contributed by atoms with Crippen molar-refractivity contribution in [2.45, 2.75) is 139 Å². The van der Waals surface area contributed by atoms with Gasteiger partial charge in [0.25, 0.3) is 0 Å². The maximum atomic E-state index is 12.6. The molecule has 7 nitrogen and oxygen atoms in total. The Bertz CT molecular complexity index is 1520. The molecule has 0 aromatic heterocycles. The van der Waals surface area contributed by atoms with Crippen LogP contribution in [-0.4, -0.2) is 40.6 Å². The summed E-state index contributed by atoms with van der Waals surface area (Å²) in [6.07, 6.45) is 12.8. The fourth-order valence-corrected chi connectivity index (χ4v) is 7.58. The smallest absolute Gasteiger partial charge is 0.170 e. The van der Waals surface area contributed by atoms with E-state index in [-0.39, 0.29) is 26.5 Å². The zero-order valence-corrected chi connectivity index (χ0v) is 33.4. The lowest BCUT2D eigenvalue weighted by atomic mass is 9.78. The van der Waals surface area contributed by atoms with Gasteiger partial charge in [-0.25, -0.2) is 8.42 Å². The third kappa shape index (κ3) is 10.3. The second-order valence-corrected chi connectivity index (χ2v) is 20.6. The van der Waals surface area contributed by atoms with E-state index in [9.17, 15) is 13.2 Å². The Balaban J connectivity index is 0.000000182. The Kier molecular flexibility index (Phi) is 12.8. The van der Waals surface area contributed by atoms with Crippen LogP contribution in [0.15, 0.2) is 49.7 Å². The number of carbonyl (C=O) groups is 1. The average molecular weight is 815 g/mol. The number of ether oxygens (including phenoxy) is 2. The highest BCUT2D eigenvalue weighted by atomic mass is 79.9. The molecule has 0 saturated heterocycles. The Labute approximate surface area is 303 Å². The van der Waals surface area contributed by atoms with E-state index in [1.807, 2.05) is 77.9 Å². The number of Topliss-reactive ketones (excluding diaryl/α,β-unsaturated/α-hetero) is 1. The monoisotopic (exact) mass is 812 g/mol. The van der Waals surface area contributed by atoms with Gasteiger partial charge in [-0.15, -0.1) is 0 Å². The van der Waals surface area contributed by atoms with Gasteiger partial charge in [0, 0.05) is 20.9 Å². The minimum Gasteiger partial charge on any atom is -0.486 e. The van der Waals surface area contributed by atoms with Crippen LogP contribution in [0.1, 0.15) is 135 Å². The van der Waals surface area contributed by atoms with Crippen LogP contribution in [0.4, 0.5) is 0 Å². The second kappa shape index (κ2) is 15.7. The number of benzene rings is 2. The third-order valence-electron chi connectivity index (χ3n) is 8.97. The van der Waals surface area contributed by atoms with E-state index in [2.05, 4.69) is 36.3 Å². The zero-order valence-electron chi connectivity index (χ0n) is 28.6. The second-order valence-electron chi connectivity index (χ2n) is 15.1.